The number of amides is 1. The molecule has 3 heteroatoms. The van der Waals surface area contributed by atoms with Gasteiger partial charge in [-0.3, -0.25) is 9.69 Å². The average Bonchev–Trinajstić information content (AvgIpc) is 2.69. The lowest BCUT2D eigenvalue weighted by molar-refractivity contribution is -0.120. The Morgan fingerprint density at radius 3 is 2.15 bits per heavy atom. The number of carbonyl (C=O) groups is 1. The largest absolute Gasteiger partial charge is 0.324 e. The van der Waals surface area contributed by atoms with E-state index in [0.717, 1.165) is 23.4 Å². The van der Waals surface area contributed by atoms with Crippen molar-refractivity contribution in [1.29, 1.82) is 0 Å². The van der Waals surface area contributed by atoms with Crippen molar-refractivity contribution in [3.8, 4) is 11.1 Å². The van der Waals surface area contributed by atoms with Gasteiger partial charge in [0.05, 0.1) is 6.04 Å². The van der Waals surface area contributed by atoms with Gasteiger partial charge in [0.15, 0.2) is 0 Å². The topological polar surface area (TPSA) is 32.3 Å². The van der Waals surface area contributed by atoms with Crippen molar-refractivity contribution < 1.29 is 4.79 Å². The van der Waals surface area contributed by atoms with Gasteiger partial charge in [-0.15, -0.1) is 0 Å². The summed E-state index contributed by atoms with van der Waals surface area (Å²) in [4.78, 5) is 14.8. The smallest absolute Gasteiger partial charge is 0.241 e. The predicted molar refractivity (Wildman–Crippen MR) is 108 cm³/mol. The van der Waals surface area contributed by atoms with Crippen molar-refractivity contribution in [2.45, 2.75) is 19.5 Å². The maximum Gasteiger partial charge on any atom is 0.241 e. The summed E-state index contributed by atoms with van der Waals surface area (Å²) in [5.41, 5.74) is 4.15. The first-order valence-electron chi connectivity index (χ1n) is 8.84. The van der Waals surface area contributed by atoms with Crippen molar-refractivity contribution in [1.82, 2.24) is 4.90 Å². The predicted octanol–water partition coefficient (Wildman–Crippen LogP) is 4.81. The van der Waals surface area contributed by atoms with Gasteiger partial charge in [0, 0.05) is 17.8 Å². The number of nitrogens with one attached hydrogen (secondary N) is 1. The maximum atomic E-state index is 12.8. The van der Waals surface area contributed by atoms with Crippen molar-refractivity contribution in [3.63, 3.8) is 0 Å². The fourth-order valence-electron chi connectivity index (χ4n) is 2.91. The molecule has 3 aromatic rings. The molecule has 0 unspecified atom stereocenters. The van der Waals surface area contributed by atoms with Gasteiger partial charge in [0.1, 0.15) is 0 Å². The Labute approximate surface area is 155 Å². The van der Waals surface area contributed by atoms with Crippen molar-refractivity contribution in [2.24, 2.45) is 0 Å². The fraction of sp³-hybridized carbons (Fsp3) is 0.174. The first-order valence-corrected chi connectivity index (χ1v) is 8.84. The monoisotopic (exact) mass is 344 g/mol. The van der Waals surface area contributed by atoms with Crippen LogP contribution in [0.15, 0.2) is 84.9 Å². The van der Waals surface area contributed by atoms with Crippen molar-refractivity contribution >= 4 is 11.6 Å². The lowest BCUT2D eigenvalue weighted by Crippen LogP contribution is -2.39. The third-order valence-corrected chi connectivity index (χ3v) is 4.59. The van der Waals surface area contributed by atoms with Crippen LogP contribution in [0.4, 0.5) is 5.69 Å². The van der Waals surface area contributed by atoms with E-state index in [4.69, 9.17) is 0 Å². The second kappa shape index (κ2) is 8.45. The van der Waals surface area contributed by atoms with Crippen LogP contribution in [0.1, 0.15) is 12.5 Å². The lowest BCUT2D eigenvalue weighted by Gasteiger charge is -2.24. The summed E-state index contributed by atoms with van der Waals surface area (Å²) >= 11 is 0. The van der Waals surface area contributed by atoms with Gasteiger partial charge in [0.2, 0.25) is 5.91 Å². The highest BCUT2D eigenvalue weighted by molar-refractivity contribution is 5.98. The van der Waals surface area contributed by atoms with E-state index in [2.05, 4.69) is 34.5 Å². The Kier molecular flexibility index (Phi) is 5.82. The summed E-state index contributed by atoms with van der Waals surface area (Å²) in [5, 5.41) is 3.09. The molecule has 0 aliphatic rings. The highest BCUT2D eigenvalue weighted by Crippen LogP contribution is 2.27. The van der Waals surface area contributed by atoms with Gasteiger partial charge >= 0.3 is 0 Å². The summed E-state index contributed by atoms with van der Waals surface area (Å²) in [6.07, 6.45) is 0. The number of likely N-dealkylation sites (N-methyl/N-ethyl adjacent to an activating group) is 1. The zero-order chi connectivity index (χ0) is 18.4. The molecule has 0 aromatic heterocycles. The summed E-state index contributed by atoms with van der Waals surface area (Å²) < 4.78 is 0. The van der Waals surface area contributed by atoms with Crippen LogP contribution < -0.4 is 5.32 Å². The minimum absolute atomic E-state index is 0.00758. The van der Waals surface area contributed by atoms with E-state index >= 15 is 0 Å². The molecule has 0 saturated heterocycles. The number of rotatable bonds is 6. The zero-order valence-corrected chi connectivity index (χ0v) is 15.2. The number of nitrogens with zero attached hydrogens (tertiary/aromatic N) is 1. The van der Waals surface area contributed by atoms with Crippen LogP contribution in [0.5, 0.6) is 0 Å². The SMILES string of the molecule is C[C@@H](C(=O)Nc1ccccc1-c1ccccc1)N(C)Cc1ccccc1. The van der Waals surface area contributed by atoms with Crippen molar-refractivity contribution in [2.75, 3.05) is 12.4 Å². The standard InChI is InChI=1S/C23H24N2O/c1-18(25(2)17-19-11-5-3-6-12-19)23(26)24-22-16-10-9-15-21(22)20-13-7-4-8-14-20/h3-16,18H,17H2,1-2H3,(H,24,26)/t18-/m0/s1. The van der Waals surface area contributed by atoms with Crippen LogP contribution in [0, 0.1) is 0 Å². The van der Waals surface area contributed by atoms with Crippen LogP contribution in [-0.4, -0.2) is 23.9 Å². The minimum Gasteiger partial charge on any atom is -0.324 e. The van der Waals surface area contributed by atoms with E-state index < -0.39 is 0 Å². The van der Waals surface area contributed by atoms with Crippen molar-refractivity contribution in [3.05, 3.63) is 90.5 Å². The van der Waals surface area contributed by atoms with Gasteiger partial charge in [-0.1, -0.05) is 78.9 Å². The molecule has 26 heavy (non-hydrogen) atoms. The Hall–Kier alpha value is -2.91. The van der Waals surface area contributed by atoms with Crippen LogP contribution in [0.25, 0.3) is 11.1 Å². The molecule has 0 aliphatic carbocycles. The molecule has 1 atom stereocenters. The molecule has 132 valence electrons. The number of benzene rings is 3. The Bertz CT molecular complexity index is 846. The molecule has 0 aliphatic heterocycles. The summed E-state index contributed by atoms with van der Waals surface area (Å²) in [6.45, 7) is 2.67. The fourth-order valence-corrected chi connectivity index (χ4v) is 2.91. The van der Waals surface area contributed by atoms with Crippen LogP contribution in [0.3, 0.4) is 0 Å². The van der Waals surface area contributed by atoms with Gasteiger partial charge in [0.25, 0.3) is 0 Å². The molecular weight excluding hydrogens is 320 g/mol. The molecule has 1 amide bonds. The first kappa shape index (κ1) is 17.9. The Morgan fingerprint density at radius 1 is 0.885 bits per heavy atom. The number of carbonyl (C=O) groups excluding carboxylic acids is 1. The average molecular weight is 344 g/mol. The van der Waals surface area contributed by atoms with Gasteiger partial charge in [-0.25, -0.2) is 0 Å². The second-order valence-electron chi connectivity index (χ2n) is 6.48. The number of para-hydroxylation sites is 1. The molecule has 0 spiro atoms. The second-order valence-corrected chi connectivity index (χ2v) is 6.48. The Morgan fingerprint density at radius 2 is 1.46 bits per heavy atom. The van der Waals surface area contributed by atoms with Crippen LogP contribution >= 0.6 is 0 Å². The third-order valence-electron chi connectivity index (χ3n) is 4.59. The highest BCUT2D eigenvalue weighted by Gasteiger charge is 2.19. The summed E-state index contributed by atoms with van der Waals surface area (Å²) in [5.74, 6) is -0.00758. The molecule has 0 saturated carbocycles. The van der Waals surface area contributed by atoms with E-state index in [1.165, 1.54) is 5.56 Å². The number of anilines is 1. The number of hydrogen-bond acceptors (Lipinski definition) is 2. The quantitative estimate of drug-likeness (QED) is 0.696. The normalized spacial score (nSPS) is 12.0. The van der Waals surface area contributed by atoms with Crippen LogP contribution in [0.2, 0.25) is 0 Å². The molecule has 1 N–H and O–H groups in total. The molecule has 0 fully saturated rings. The molecule has 3 rings (SSSR count). The van der Waals surface area contributed by atoms with E-state index in [-0.39, 0.29) is 11.9 Å². The lowest BCUT2D eigenvalue weighted by atomic mass is 10.0. The zero-order valence-electron chi connectivity index (χ0n) is 15.2. The minimum atomic E-state index is -0.237. The van der Waals surface area contributed by atoms with Gasteiger partial charge in [-0.05, 0) is 31.2 Å². The Balaban J connectivity index is 1.72. The van der Waals surface area contributed by atoms with E-state index in [9.17, 15) is 4.79 Å². The molecule has 3 aromatic carbocycles. The first-order chi connectivity index (χ1) is 12.6. The van der Waals surface area contributed by atoms with Crippen LogP contribution in [-0.2, 0) is 11.3 Å². The van der Waals surface area contributed by atoms with Gasteiger partial charge < -0.3 is 5.32 Å². The molecular formula is C23H24N2O. The highest BCUT2D eigenvalue weighted by atomic mass is 16.2. The molecule has 0 heterocycles. The summed E-state index contributed by atoms with van der Waals surface area (Å²) in [7, 11) is 1.97. The van der Waals surface area contributed by atoms with E-state index in [1.54, 1.807) is 0 Å². The maximum absolute atomic E-state index is 12.8. The molecule has 0 bridgehead atoms. The third kappa shape index (κ3) is 4.38. The number of hydrogen-bond donors (Lipinski definition) is 1. The molecule has 3 nitrogen and oxygen atoms in total. The van der Waals surface area contributed by atoms with Gasteiger partial charge in [-0.2, -0.15) is 0 Å². The molecule has 0 radical (unpaired) electrons. The summed E-state index contributed by atoms with van der Waals surface area (Å²) in [6, 6.07) is 28.0. The van der Waals surface area contributed by atoms with E-state index in [1.807, 2.05) is 74.6 Å². The van der Waals surface area contributed by atoms with E-state index in [0.29, 0.717) is 0 Å².